The van der Waals surface area contributed by atoms with Crippen LogP contribution in [0, 0.1) is 5.82 Å². The summed E-state index contributed by atoms with van der Waals surface area (Å²) in [7, 11) is 0. The number of urea groups is 1. The van der Waals surface area contributed by atoms with Crippen LogP contribution in [0.3, 0.4) is 0 Å². The fraction of sp³-hybridized carbons (Fsp3) is 0.292. The molecule has 0 unspecified atom stereocenters. The molecule has 30 heavy (non-hydrogen) atoms. The molecule has 0 radical (unpaired) electrons. The van der Waals surface area contributed by atoms with Gasteiger partial charge in [0.1, 0.15) is 5.82 Å². The Bertz CT molecular complexity index is 1100. The summed E-state index contributed by atoms with van der Waals surface area (Å²) in [4.78, 5) is 18.0. The lowest BCUT2D eigenvalue weighted by molar-refractivity contribution is 0.195. The molecule has 2 amide bonds. The Kier molecular flexibility index (Phi) is 5.37. The summed E-state index contributed by atoms with van der Waals surface area (Å²) >= 11 is 5.36. The number of nitrogens with one attached hydrogen (secondary N) is 1. The van der Waals surface area contributed by atoms with Gasteiger partial charge in [0.2, 0.25) is 0 Å². The second-order valence-electron chi connectivity index (χ2n) is 7.86. The maximum atomic E-state index is 13.6. The van der Waals surface area contributed by atoms with E-state index in [1.807, 2.05) is 52.6 Å². The first-order valence-corrected chi connectivity index (χ1v) is 11.9. The van der Waals surface area contributed by atoms with E-state index < -0.39 is 0 Å². The van der Waals surface area contributed by atoms with Crippen LogP contribution in [0.15, 0.2) is 53.0 Å². The number of anilines is 1. The first-order chi connectivity index (χ1) is 14.6. The molecule has 2 aliphatic rings. The van der Waals surface area contributed by atoms with Crippen molar-refractivity contribution >= 4 is 39.0 Å². The summed E-state index contributed by atoms with van der Waals surface area (Å²) in [5.74, 6) is -0.260. The molecule has 1 atom stereocenters. The summed E-state index contributed by atoms with van der Waals surface area (Å²) in [6.45, 7) is 0.647. The number of thiophene rings is 1. The van der Waals surface area contributed by atoms with Gasteiger partial charge in [-0.1, -0.05) is 24.3 Å². The number of aryl methyl sites for hydroxylation is 1. The highest BCUT2D eigenvalue weighted by atomic mass is 79.9. The molecule has 0 saturated carbocycles. The van der Waals surface area contributed by atoms with Crippen molar-refractivity contribution in [3.8, 4) is 0 Å². The molecule has 2 aromatic carbocycles. The summed E-state index contributed by atoms with van der Waals surface area (Å²) in [5, 5.41) is 3.05. The zero-order valence-electron chi connectivity index (χ0n) is 16.5. The van der Waals surface area contributed by atoms with Gasteiger partial charge in [-0.2, -0.15) is 0 Å². The summed E-state index contributed by atoms with van der Waals surface area (Å²) < 4.78 is 14.5. The van der Waals surface area contributed by atoms with Gasteiger partial charge in [0.15, 0.2) is 0 Å². The van der Waals surface area contributed by atoms with Gasteiger partial charge in [0, 0.05) is 20.8 Å². The predicted molar refractivity (Wildman–Crippen MR) is 123 cm³/mol. The average molecular weight is 485 g/mol. The molecule has 0 bridgehead atoms. The Balaban J connectivity index is 1.55. The first kappa shape index (κ1) is 19.8. The van der Waals surface area contributed by atoms with Crippen LogP contribution < -0.4 is 5.32 Å². The van der Waals surface area contributed by atoms with Crippen molar-refractivity contribution in [1.82, 2.24) is 4.90 Å². The fourth-order valence-corrected chi connectivity index (χ4v) is 6.56. The van der Waals surface area contributed by atoms with Crippen LogP contribution in [-0.4, -0.2) is 17.5 Å². The van der Waals surface area contributed by atoms with E-state index in [9.17, 15) is 9.18 Å². The number of fused-ring (bicyclic) bond motifs is 3. The third-order valence-electron chi connectivity index (χ3n) is 6.04. The molecule has 2 heterocycles. The number of nitrogens with zero attached hydrogens (tertiary/aromatic N) is 1. The van der Waals surface area contributed by atoms with Crippen LogP contribution in [0.2, 0.25) is 0 Å². The Morgan fingerprint density at radius 3 is 2.60 bits per heavy atom. The molecule has 3 nitrogen and oxygen atoms in total. The highest BCUT2D eigenvalue weighted by Gasteiger charge is 2.36. The van der Waals surface area contributed by atoms with Crippen LogP contribution in [0.4, 0.5) is 14.9 Å². The number of carbonyl (C=O) groups is 1. The number of benzene rings is 2. The third kappa shape index (κ3) is 3.56. The van der Waals surface area contributed by atoms with E-state index in [0.29, 0.717) is 6.54 Å². The lowest BCUT2D eigenvalue weighted by atomic mass is 9.88. The van der Waals surface area contributed by atoms with Gasteiger partial charge in [0.05, 0.1) is 11.7 Å². The number of amides is 2. The monoisotopic (exact) mass is 484 g/mol. The van der Waals surface area contributed by atoms with E-state index in [-0.39, 0.29) is 17.9 Å². The van der Waals surface area contributed by atoms with E-state index in [1.165, 1.54) is 45.9 Å². The average Bonchev–Trinajstić information content (AvgIpc) is 3.14. The number of rotatable bonds is 2. The lowest BCUT2D eigenvalue weighted by Crippen LogP contribution is -2.42. The number of hydrogen-bond acceptors (Lipinski definition) is 2. The van der Waals surface area contributed by atoms with Gasteiger partial charge >= 0.3 is 6.03 Å². The van der Waals surface area contributed by atoms with Gasteiger partial charge in [-0.25, -0.2) is 9.18 Å². The molecule has 3 aromatic rings. The van der Waals surface area contributed by atoms with Crippen molar-refractivity contribution in [2.45, 2.75) is 38.1 Å². The predicted octanol–water partition coefficient (Wildman–Crippen LogP) is 6.71. The molecule has 0 spiro atoms. The van der Waals surface area contributed by atoms with Crippen LogP contribution >= 0.6 is 27.3 Å². The minimum absolute atomic E-state index is 0.131. The van der Waals surface area contributed by atoms with E-state index in [1.54, 1.807) is 0 Å². The maximum Gasteiger partial charge on any atom is 0.322 e. The van der Waals surface area contributed by atoms with E-state index in [4.69, 9.17) is 0 Å². The van der Waals surface area contributed by atoms with Crippen molar-refractivity contribution in [3.05, 3.63) is 85.3 Å². The van der Waals surface area contributed by atoms with Crippen molar-refractivity contribution in [2.75, 3.05) is 11.9 Å². The molecule has 0 fully saturated rings. The Labute approximate surface area is 188 Å². The molecule has 0 saturated heterocycles. The number of para-hydroxylation sites is 1. The fourth-order valence-electron chi connectivity index (χ4n) is 4.60. The molecular weight excluding hydrogens is 463 g/mol. The van der Waals surface area contributed by atoms with E-state index >= 15 is 0 Å². The van der Waals surface area contributed by atoms with Gasteiger partial charge in [-0.15, -0.1) is 11.3 Å². The van der Waals surface area contributed by atoms with Gasteiger partial charge in [0.25, 0.3) is 0 Å². The summed E-state index contributed by atoms with van der Waals surface area (Å²) in [5.41, 5.74) is 4.64. The standard InChI is InChI=1S/C24H22BrFN2OS/c25-19-6-2-3-7-20(19)27-24(29)28-14-13-18-17-5-1-4-8-21(17)30-23(18)22(28)15-9-11-16(26)12-10-15/h2-3,6-7,9-12,22H,1,4-5,8,13-14H2,(H,27,29)/t22-/m1/s1. The quantitative estimate of drug-likeness (QED) is 0.430. The second-order valence-corrected chi connectivity index (χ2v) is 9.85. The van der Waals surface area contributed by atoms with Crippen molar-refractivity contribution in [3.63, 3.8) is 0 Å². The van der Waals surface area contributed by atoms with Crippen molar-refractivity contribution in [1.29, 1.82) is 0 Å². The topological polar surface area (TPSA) is 32.3 Å². The van der Waals surface area contributed by atoms with E-state index in [2.05, 4.69) is 21.2 Å². The zero-order valence-corrected chi connectivity index (χ0v) is 18.9. The van der Waals surface area contributed by atoms with Crippen LogP contribution in [0.5, 0.6) is 0 Å². The van der Waals surface area contributed by atoms with E-state index in [0.717, 1.165) is 35.0 Å². The van der Waals surface area contributed by atoms with Crippen molar-refractivity contribution in [2.24, 2.45) is 0 Å². The van der Waals surface area contributed by atoms with Gasteiger partial charge in [-0.05, 0) is 89.0 Å². The molecule has 154 valence electrons. The molecule has 5 rings (SSSR count). The van der Waals surface area contributed by atoms with Gasteiger partial charge in [-0.3, -0.25) is 0 Å². The lowest BCUT2D eigenvalue weighted by Gasteiger charge is -2.36. The maximum absolute atomic E-state index is 13.6. The molecule has 1 aliphatic heterocycles. The highest BCUT2D eigenvalue weighted by Crippen LogP contribution is 2.45. The minimum Gasteiger partial charge on any atom is -0.312 e. The second kappa shape index (κ2) is 8.16. The van der Waals surface area contributed by atoms with Gasteiger partial charge < -0.3 is 10.2 Å². The summed E-state index contributed by atoms with van der Waals surface area (Å²) in [6, 6.07) is 13.9. The van der Waals surface area contributed by atoms with Crippen LogP contribution in [0.25, 0.3) is 0 Å². The molecule has 1 N–H and O–H groups in total. The summed E-state index contributed by atoms with van der Waals surface area (Å²) in [6.07, 6.45) is 5.62. The smallest absolute Gasteiger partial charge is 0.312 e. The first-order valence-electron chi connectivity index (χ1n) is 10.3. The Morgan fingerprint density at radius 1 is 1.03 bits per heavy atom. The Hall–Kier alpha value is -2.18. The number of hydrogen-bond donors (Lipinski definition) is 1. The minimum atomic E-state index is -0.260. The van der Waals surface area contributed by atoms with Crippen LogP contribution in [-0.2, 0) is 19.3 Å². The molecule has 1 aromatic heterocycles. The SMILES string of the molecule is O=C(Nc1ccccc1Br)N1CCc2c(sc3c2CCCC3)[C@H]1c1ccc(F)cc1. The number of carbonyl (C=O) groups excluding carboxylic acids is 1. The zero-order chi connectivity index (χ0) is 20.7. The Morgan fingerprint density at radius 2 is 1.80 bits per heavy atom. The normalized spacial score (nSPS) is 17.9. The largest absolute Gasteiger partial charge is 0.322 e. The molecule has 6 heteroatoms. The highest BCUT2D eigenvalue weighted by molar-refractivity contribution is 9.10. The van der Waals surface area contributed by atoms with Crippen LogP contribution in [0.1, 0.15) is 45.3 Å². The molecule has 1 aliphatic carbocycles. The molecular formula is C24H22BrFN2OS. The third-order valence-corrected chi connectivity index (χ3v) is 8.11. The van der Waals surface area contributed by atoms with Crippen molar-refractivity contribution < 1.29 is 9.18 Å². The number of halogens is 2.